The molecule has 1 aliphatic carbocycles. The lowest BCUT2D eigenvalue weighted by Gasteiger charge is -2.16. The summed E-state index contributed by atoms with van der Waals surface area (Å²) in [5.74, 6) is -0.856. The van der Waals surface area contributed by atoms with Gasteiger partial charge in [0, 0.05) is 11.3 Å². The quantitative estimate of drug-likeness (QED) is 0.822. The summed E-state index contributed by atoms with van der Waals surface area (Å²) in [6.45, 7) is 1.57. The fraction of sp³-hybridized carbons (Fsp3) is 0.385. The number of nitrogens with one attached hydrogen (secondary N) is 2. The van der Waals surface area contributed by atoms with E-state index in [0.717, 1.165) is 0 Å². The van der Waals surface area contributed by atoms with Crippen molar-refractivity contribution >= 4 is 17.7 Å². The van der Waals surface area contributed by atoms with Crippen LogP contribution in [0.25, 0.3) is 0 Å². The highest BCUT2D eigenvalue weighted by Gasteiger charge is 2.52. The van der Waals surface area contributed by atoms with Gasteiger partial charge in [0.05, 0.1) is 7.11 Å². The number of halogens is 1. The van der Waals surface area contributed by atoms with Crippen molar-refractivity contribution in [3.05, 3.63) is 29.6 Å². The number of rotatable bonds is 3. The minimum atomic E-state index is -0.917. The molecule has 0 spiro atoms. The molecule has 1 aromatic carbocycles. The zero-order valence-corrected chi connectivity index (χ0v) is 10.7. The van der Waals surface area contributed by atoms with Gasteiger partial charge in [-0.3, -0.25) is 0 Å². The van der Waals surface area contributed by atoms with Crippen molar-refractivity contribution in [2.75, 3.05) is 12.4 Å². The van der Waals surface area contributed by atoms with Gasteiger partial charge in [-0.2, -0.15) is 0 Å². The van der Waals surface area contributed by atoms with E-state index in [-0.39, 0.29) is 0 Å². The third-order valence-corrected chi connectivity index (χ3v) is 3.19. The summed E-state index contributed by atoms with van der Waals surface area (Å²) in [5, 5.41) is 5.09. The molecule has 2 N–H and O–H groups in total. The minimum Gasteiger partial charge on any atom is -0.467 e. The molecule has 0 bridgehead atoms. The summed E-state index contributed by atoms with van der Waals surface area (Å²) < 4.78 is 17.9. The van der Waals surface area contributed by atoms with Gasteiger partial charge < -0.3 is 15.4 Å². The van der Waals surface area contributed by atoms with E-state index >= 15 is 0 Å². The highest BCUT2D eigenvalue weighted by atomic mass is 19.1. The van der Waals surface area contributed by atoms with Gasteiger partial charge in [0.25, 0.3) is 0 Å². The Balaban J connectivity index is 2.03. The van der Waals surface area contributed by atoms with E-state index in [9.17, 15) is 14.0 Å². The lowest BCUT2D eigenvalue weighted by Crippen LogP contribution is -2.45. The molecule has 0 aliphatic heterocycles. The Morgan fingerprint density at radius 2 is 2.05 bits per heavy atom. The van der Waals surface area contributed by atoms with Crippen LogP contribution < -0.4 is 10.6 Å². The predicted octanol–water partition coefficient (Wildman–Crippen LogP) is 1.96. The Morgan fingerprint density at radius 1 is 1.37 bits per heavy atom. The van der Waals surface area contributed by atoms with Gasteiger partial charge in [0.1, 0.15) is 11.4 Å². The zero-order chi connectivity index (χ0) is 14.0. The first-order chi connectivity index (χ1) is 8.98. The maximum Gasteiger partial charge on any atom is 0.331 e. The smallest absolute Gasteiger partial charge is 0.331 e. The standard InChI is InChI=1S/C13H15FN2O3/c1-8-9(14)4-3-5-10(8)15-12(18)16-13(6-7-13)11(17)19-2/h3-5H,6-7H2,1-2H3,(H2,15,16,18). The Bertz CT molecular complexity index is 527. The zero-order valence-electron chi connectivity index (χ0n) is 10.7. The van der Waals surface area contributed by atoms with E-state index in [4.69, 9.17) is 0 Å². The molecular formula is C13H15FN2O3. The number of carbonyl (C=O) groups excluding carboxylic acids is 2. The number of carbonyl (C=O) groups is 2. The van der Waals surface area contributed by atoms with E-state index in [1.165, 1.54) is 19.2 Å². The third kappa shape index (κ3) is 2.67. The summed E-state index contributed by atoms with van der Waals surface area (Å²) in [4.78, 5) is 23.3. The van der Waals surface area contributed by atoms with Crippen molar-refractivity contribution in [1.82, 2.24) is 5.32 Å². The third-order valence-electron chi connectivity index (χ3n) is 3.19. The van der Waals surface area contributed by atoms with E-state index < -0.39 is 23.4 Å². The van der Waals surface area contributed by atoms with Crippen LogP contribution in [0.5, 0.6) is 0 Å². The lowest BCUT2D eigenvalue weighted by atomic mass is 10.2. The number of esters is 1. The van der Waals surface area contributed by atoms with Crippen molar-refractivity contribution in [3.8, 4) is 0 Å². The van der Waals surface area contributed by atoms with Crippen LogP contribution in [0.4, 0.5) is 14.9 Å². The number of ether oxygens (including phenoxy) is 1. The van der Waals surface area contributed by atoms with Crippen molar-refractivity contribution in [2.24, 2.45) is 0 Å². The molecule has 2 rings (SSSR count). The molecule has 0 radical (unpaired) electrons. The molecule has 5 nitrogen and oxygen atoms in total. The lowest BCUT2D eigenvalue weighted by molar-refractivity contribution is -0.144. The number of urea groups is 1. The van der Waals surface area contributed by atoms with E-state index in [1.54, 1.807) is 13.0 Å². The highest BCUT2D eigenvalue weighted by molar-refractivity contribution is 5.96. The molecule has 0 saturated heterocycles. The van der Waals surface area contributed by atoms with Gasteiger partial charge in [-0.1, -0.05) is 6.07 Å². The van der Waals surface area contributed by atoms with Crippen molar-refractivity contribution in [2.45, 2.75) is 25.3 Å². The Morgan fingerprint density at radius 3 is 2.63 bits per heavy atom. The summed E-state index contributed by atoms with van der Waals surface area (Å²) in [6.07, 6.45) is 1.10. The maximum absolute atomic E-state index is 13.3. The second kappa shape index (κ2) is 4.87. The van der Waals surface area contributed by atoms with Crippen LogP contribution in [0.3, 0.4) is 0 Å². The van der Waals surface area contributed by atoms with Crippen LogP contribution in [-0.2, 0) is 9.53 Å². The van der Waals surface area contributed by atoms with Crippen LogP contribution in [0, 0.1) is 12.7 Å². The molecule has 0 heterocycles. The molecule has 1 aliphatic rings. The molecule has 0 aromatic heterocycles. The monoisotopic (exact) mass is 266 g/mol. The predicted molar refractivity (Wildman–Crippen MR) is 67.3 cm³/mol. The molecular weight excluding hydrogens is 251 g/mol. The summed E-state index contributed by atoms with van der Waals surface area (Å²) >= 11 is 0. The van der Waals surface area contributed by atoms with Gasteiger partial charge in [0.2, 0.25) is 0 Å². The molecule has 1 fully saturated rings. The average molecular weight is 266 g/mol. The Hall–Kier alpha value is -2.11. The van der Waals surface area contributed by atoms with Crippen molar-refractivity contribution in [3.63, 3.8) is 0 Å². The van der Waals surface area contributed by atoms with Gasteiger partial charge in [0.15, 0.2) is 0 Å². The first kappa shape index (κ1) is 13.3. The van der Waals surface area contributed by atoms with E-state index in [2.05, 4.69) is 15.4 Å². The van der Waals surface area contributed by atoms with Crippen LogP contribution >= 0.6 is 0 Å². The average Bonchev–Trinajstić information content (AvgIpc) is 3.14. The van der Waals surface area contributed by atoms with Crippen LogP contribution in [-0.4, -0.2) is 24.6 Å². The normalized spacial score (nSPS) is 15.5. The second-order valence-electron chi connectivity index (χ2n) is 4.57. The highest BCUT2D eigenvalue weighted by Crippen LogP contribution is 2.36. The van der Waals surface area contributed by atoms with Gasteiger partial charge >= 0.3 is 12.0 Å². The number of amides is 2. The number of benzene rings is 1. The molecule has 0 atom stereocenters. The molecule has 102 valence electrons. The number of anilines is 1. The fourth-order valence-electron chi connectivity index (χ4n) is 1.81. The number of methoxy groups -OCH3 is 1. The fourth-order valence-corrected chi connectivity index (χ4v) is 1.81. The van der Waals surface area contributed by atoms with Gasteiger partial charge in [-0.15, -0.1) is 0 Å². The van der Waals surface area contributed by atoms with E-state index in [0.29, 0.717) is 24.1 Å². The maximum atomic E-state index is 13.3. The molecule has 1 saturated carbocycles. The number of hydrogen-bond donors (Lipinski definition) is 2. The second-order valence-corrected chi connectivity index (χ2v) is 4.57. The van der Waals surface area contributed by atoms with E-state index in [1.807, 2.05) is 0 Å². The summed E-state index contributed by atoms with van der Waals surface area (Å²) in [5.41, 5.74) is -0.196. The molecule has 1 aromatic rings. The summed E-state index contributed by atoms with van der Waals surface area (Å²) in [7, 11) is 1.28. The van der Waals surface area contributed by atoms with Gasteiger partial charge in [-0.25, -0.2) is 14.0 Å². The molecule has 6 heteroatoms. The molecule has 0 unspecified atom stereocenters. The Kier molecular flexibility index (Phi) is 3.42. The largest absolute Gasteiger partial charge is 0.467 e. The minimum absolute atomic E-state index is 0.348. The van der Waals surface area contributed by atoms with Crippen molar-refractivity contribution < 1.29 is 18.7 Å². The molecule has 2 amide bonds. The van der Waals surface area contributed by atoms with Gasteiger partial charge in [-0.05, 0) is 31.9 Å². The first-order valence-corrected chi connectivity index (χ1v) is 5.91. The van der Waals surface area contributed by atoms with Crippen molar-refractivity contribution in [1.29, 1.82) is 0 Å². The number of hydrogen-bond acceptors (Lipinski definition) is 3. The van der Waals surface area contributed by atoms with Crippen LogP contribution in [0.1, 0.15) is 18.4 Å². The first-order valence-electron chi connectivity index (χ1n) is 5.91. The van der Waals surface area contributed by atoms with Crippen LogP contribution in [0.2, 0.25) is 0 Å². The topological polar surface area (TPSA) is 67.4 Å². The summed E-state index contributed by atoms with van der Waals surface area (Å²) in [6, 6.07) is 3.87. The SMILES string of the molecule is COC(=O)C1(NC(=O)Nc2cccc(F)c2C)CC1. The van der Waals surface area contributed by atoms with Crippen LogP contribution in [0.15, 0.2) is 18.2 Å². The Labute approximate surface area is 110 Å². The molecule has 19 heavy (non-hydrogen) atoms.